The fourth-order valence-electron chi connectivity index (χ4n) is 5.04. The zero-order chi connectivity index (χ0) is 14.9. The summed E-state index contributed by atoms with van der Waals surface area (Å²) in [6.07, 6.45) is 3.20. The first kappa shape index (κ1) is 13.8. The Labute approximate surface area is 133 Å². The van der Waals surface area contributed by atoms with Gasteiger partial charge in [0.2, 0.25) is 0 Å². The van der Waals surface area contributed by atoms with Crippen LogP contribution in [0.4, 0.5) is 5.69 Å². The molecule has 1 amide bonds. The van der Waals surface area contributed by atoms with Crippen LogP contribution in [0, 0.1) is 16.7 Å². The van der Waals surface area contributed by atoms with Gasteiger partial charge in [-0.25, -0.2) is 0 Å². The Balaban J connectivity index is 1.68. The summed E-state index contributed by atoms with van der Waals surface area (Å²) in [6.45, 7) is 5.29. The minimum atomic E-state index is -0.639. The van der Waals surface area contributed by atoms with Gasteiger partial charge in [-0.2, -0.15) is 0 Å². The Bertz CT molecular complexity index is 633. The number of para-hydroxylation sites is 1. The highest BCUT2D eigenvalue weighted by molar-refractivity contribution is 9.10. The molecule has 3 nitrogen and oxygen atoms in total. The number of hydrogen-bond acceptors (Lipinski definition) is 2. The summed E-state index contributed by atoms with van der Waals surface area (Å²) in [5, 5.41) is 3.09. The Morgan fingerprint density at radius 2 is 2.14 bits per heavy atom. The number of amides is 1. The zero-order valence-corrected chi connectivity index (χ0v) is 14.0. The van der Waals surface area contributed by atoms with E-state index < -0.39 is 5.60 Å². The molecule has 112 valence electrons. The van der Waals surface area contributed by atoms with Crippen LogP contribution in [-0.2, 0) is 9.53 Å². The third kappa shape index (κ3) is 1.45. The highest BCUT2D eigenvalue weighted by Crippen LogP contribution is 2.75. The smallest absolute Gasteiger partial charge is 0.257 e. The van der Waals surface area contributed by atoms with E-state index in [1.54, 1.807) is 0 Å². The van der Waals surface area contributed by atoms with Gasteiger partial charge >= 0.3 is 0 Å². The van der Waals surface area contributed by atoms with Crippen LogP contribution in [0.15, 0.2) is 28.7 Å². The van der Waals surface area contributed by atoms with Gasteiger partial charge in [0.05, 0.1) is 12.3 Å². The molecule has 4 heteroatoms. The number of benzene rings is 1. The van der Waals surface area contributed by atoms with E-state index in [0.29, 0.717) is 5.92 Å². The zero-order valence-electron chi connectivity index (χ0n) is 12.4. The second kappa shape index (κ2) is 4.11. The molecule has 1 heterocycles. The summed E-state index contributed by atoms with van der Waals surface area (Å²) in [5.74, 6) is 0.657. The van der Waals surface area contributed by atoms with E-state index in [1.807, 2.05) is 24.3 Å². The van der Waals surface area contributed by atoms with Crippen LogP contribution in [-0.4, -0.2) is 18.1 Å². The Kier molecular flexibility index (Phi) is 2.69. The lowest BCUT2D eigenvalue weighted by Gasteiger charge is -2.40. The van der Waals surface area contributed by atoms with E-state index in [9.17, 15) is 4.79 Å². The van der Waals surface area contributed by atoms with Crippen LogP contribution in [0.5, 0.6) is 0 Å². The first-order chi connectivity index (χ1) is 9.93. The third-order valence-corrected chi connectivity index (χ3v) is 7.38. The number of carbonyl (C=O) groups excluding carboxylic acids is 1. The molecule has 0 radical (unpaired) electrons. The van der Waals surface area contributed by atoms with Crippen molar-refractivity contribution >= 4 is 27.5 Å². The Hall–Kier alpha value is -0.870. The minimum absolute atomic E-state index is 0.0304. The standard InChI is InChI=1S/C17H20BrNO2/c1-15-10-21-17(9-11(15)7-8-16(15,17)2)14(20)19-13-6-4-3-5-12(13)18/h3-6,11H,7-10H2,1-2H3,(H,19,20)/t11-,15+,16-,17+/m1/s1. The van der Waals surface area contributed by atoms with Gasteiger partial charge in [-0.05, 0) is 53.2 Å². The van der Waals surface area contributed by atoms with Crippen molar-refractivity contribution in [3.05, 3.63) is 28.7 Å². The number of halogens is 1. The van der Waals surface area contributed by atoms with Gasteiger partial charge in [0.15, 0.2) is 5.60 Å². The lowest BCUT2D eigenvalue weighted by molar-refractivity contribution is -0.149. The molecule has 0 spiro atoms. The number of nitrogens with one attached hydrogen (secondary N) is 1. The molecule has 21 heavy (non-hydrogen) atoms. The predicted octanol–water partition coefficient (Wildman–Crippen LogP) is 3.98. The van der Waals surface area contributed by atoms with Gasteiger partial charge in [0, 0.05) is 15.3 Å². The quantitative estimate of drug-likeness (QED) is 0.876. The molecular weight excluding hydrogens is 330 g/mol. The average molecular weight is 350 g/mol. The summed E-state index contributed by atoms with van der Waals surface area (Å²) in [5.41, 5.74) is 0.314. The number of ether oxygens (including phenoxy) is 1. The molecule has 3 fully saturated rings. The molecule has 4 atom stereocenters. The molecule has 4 rings (SSSR count). The maximum absolute atomic E-state index is 13.0. The highest BCUT2D eigenvalue weighted by Gasteiger charge is 2.78. The predicted molar refractivity (Wildman–Crippen MR) is 85.0 cm³/mol. The van der Waals surface area contributed by atoms with Gasteiger partial charge in [-0.15, -0.1) is 0 Å². The minimum Gasteiger partial charge on any atom is -0.364 e. The van der Waals surface area contributed by atoms with E-state index in [-0.39, 0.29) is 16.7 Å². The second-order valence-electron chi connectivity index (χ2n) is 7.24. The first-order valence-corrected chi connectivity index (χ1v) is 8.42. The van der Waals surface area contributed by atoms with E-state index in [2.05, 4.69) is 35.1 Å². The Morgan fingerprint density at radius 3 is 2.81 bits per heavy atom. The number of hydrogen-bond donors (Lipinski definition) is 1. The lowest BCUT2D eigenvalue weighted by Crippen LogP contribution is -2.52. The Morgan fingerprint density at radius 1 is 1.38 bits per heavy atom. The van der Waals surface area contributed by atoms with Crippen LogP contribution in [0.3, 0.4) is 0 Å². The first-order valence-electron chi connectivity index (χ1n) is 7.63. The van der Waals surface area contributed by atoms with Crippen molar-refractivity contribution in [2.45, 2.75) is 38.7 Å². The van der Waals surface area contributed by atoms with Gasteiger partial charge in [-0.1, -0.05) is 26.0 Å². The second-order valence-corrected chi connectivity index (χ2v) is 8.09. The van der Waals surface area contributed by atoms with Crippen molar-refractivity contribution in [2.75, 3.05) is 11.9 Å². The van der Waals surface area contributed by atoms with Crippen molar-refractivity contribution in [2.24, 2.45) is 16.7 Å². The molecule has 3 aliphatic rings. The fourth-order valence-corrected chi connectivity index (χ4v) is 5.43. The van der Waals surface area contributed by atoms with Crippen LogP contribution < -0.4 is 5.32 Å². The molecule has 2 aliphatic carbocycles. The largest absolute Gasteiger partial charge is 0.364 e. The molecule has 0 unspecified atom stereocenters. The maximum Gasteiger partial charge on any atom is 0.257 e. The molecule has 1 aliphatic heterocycles. The molecule has 2 saturated carbocycles. The topological polar surface area (TPSA) is 38.3 Å². The SMILES string of the molecule is C[C@]12CC[C@@H]3C[C@@]1(C(=O)Nc1ccccc1Br)OC[C@@]32C. The van der Waals surface area contributed by atoms with Crippen LogP contribution >= 0.6 is 15.9 Å². The summed E-state index contributed by atoms with van der Waals surface area (Å²) in [7, 11) is 0. The number of rotatable bonds is 2. The summed E-state index contributed by atoms with van der Waals surface area (Å²) >= 11 is 3.49. The van der Waals surface area contributed by atoms with E-state index >= 15 is 0 Å². The lowest BCUT2D eigenvalue weighted by atomic mass is 9.66. The van der Waals surface area contributed by atoms with Crippen LogP contribution in [0.2, 0.25) is 0 Å². The van der Waals surface area contributed by atoms with Crippen molar-refractivity contribution < 1.29 is 9.53 Å². The van der Waals surface area contributed by atoms with Crippen molar-refractivity contribution in [1.82, 2.24) is 0 Å². The van der Waals surface area contributed by atoms with Crippen molar-refractivity contribution in [3.8, 4) is 0 Å². The van der Waals surface area contributed by atoms with E-state index in [0.717, 1.165) is 29.6 Å². The van der Waals surface area contributed by atoms with E-state index in [4.69, 9.17) is 4.74 Å². The van der Waals surface area contributed by atoms with Gasteiger partial charge < -0.3 is 10.1 Å². The summed E-state index contributed by atoms with van der Waals surface area (Å²) < 4.78 is 7.03. The highest BCUT2D eigenvalue weighted by atomic mass is 79.9. The van der Waals surface area contributed by atoms with E-state index in [1.165, 1.54) is 6.42 Å². The maximum atomic E-state index is 13.0. The van der Waals surface area contributed by atoms with Crippen LogP contribution in [0.1, 0.15) is 33.1 Å². The molecule has 1 aromatic carbocycles. The average Bonchev–Trinajstić information content (AvgIpc) is 2.93. The normalized spacial score (nSPS) is 43.3. The molecule has 1 saturated heterocycles. The molecule has 4 bridgehead atoms. The summed E-state index contributed by atoms with van der Waals surface area (Å²) in [4.78, 5) is 13.0. The molecule has 0 aromatic heterocycles. The summed E-state index contributed by atoms with van der Waals surface area (Å²) in [6, 6.07) is 7.73. The number of carbonyl (C=O) groups is 1. The monoisotopic (exact) mass is 349 g/mol. The van der Waals surface area contributed by atoms with Crippen molar-refractivity contribution in [1.29, 1.82) is 0 Å². The van der Waals surface area contributed by atoms with Gasteiger partial charge in [-0.3, -0.25) is 4.79 Å². The number of anilines is 1. The third-order valence-electron chi connectivity index (χ3n) is 6.69. The molecule has 1 N–H and O–H groups in total. The fraction of sp³-hybridized carbons (Fsp3) is 0.588. The van der Waals surface area contributed by atoms with Crippen LogP contribution in [0.25, 0.3) is 0 Å². The molecule has 1 aromatic rings. The molecular formula is C17H20BrNO2. The van der Waals surface area contributed by atoms with Crippen molar-refractivity contribution in [3.63, 3.8) is 0 Å². The van der Waals surface area contributed by atoms with Gasteiger partial charge in [0.25, 0.3) is 5.91 Å². The van der Waals surface area contributed by atoms with Gasteiger partial charge in [0.1, 0.15) is 0 Å².